The van der Waals surface area contributed by atoms with Gasteiger partial charge in [0.05, 0.1) is 17.3 Å². The number of hydrogen-bond acceptors (Lipinski definition) is 6. The molecule has 9 nitrogen and oxygen atoms in total. The van der Waals surface area contributed by atoms with Crippen molar-refractivity contribution in [3.8, 4) is 5.75 Å². The number of nitrogens with zero attached hydrogens (tertiary/aromatic N) is 3. The second kappa shape index (κ2) is 8.99. The average molecular weight is 456 g/mol. The maximum Gasteiger partial charge on any atom is 0.345 e. The predicted octanol–water partition coefficient (Wildman–Crippen LogP) is 2.84. The maximum atomic E-state index is 12.9. The van der Waals surface area contributed by atoms with Crippen LogP contribution >= 0.6 is 0 Å². The third-order valence-electron chi connectivity index (χ3n) is 5.43. The van der Waals surface area contributed by atoms with E-state index in [2.05, 4.69) is 19.4 Å². The van der Waals surface area contributed by atoms with E-state index in [1.165, 1.54) is 0 Å². The smallest absolute Gasteiger partial charge is 0.345 e. The second-order valence-electron chi connectivity index (χ2n) is 7.76. The summed E-state index contributed by atoms with van der Waals surface area (Å²) in [6.07, 6.45) is 2.95. The van der Waals surface area contributed by atoms with Gasteiger partial charge >= 0.3 is 10.2 Å². The van der Waals surface area contributed by atoms with Crippen molar-refractivity contribution in [2.45, 2.75) is 32.2 Å². The van der Waals surface area contributed by atoms with Crippen molar-refractivity contribution in [2.24, 2.45) is 9.39 Å². The molecule has 2 aliphatic heterocycles. The molecule has 0 aromatic heterocycles. The largest absolute Gasteiger partial charge is 0.505 e. The minimum Gasteiger partial charge on any atom is -0.505 e. The summed E-state index contributed by atoms with van der Waals surface area (Å²) < 4.78 is 30.2. The molecule has 32 heavy (non-hydrogen) atoms. The minimum atomic E-state index is -3.96. The summed E-state index contributed by atoms with van der Waals surface area (Å²) in [5.41, 5.74) is 1.23. The number of nitrogens with one attached hydrogen (secondary N) is 2. The molecule has 0 unspecified atom stereocenters. The van der Waals surface area contributed by atoms with Gasteiger partial charge < -0.3 is 15.3 Å². The number of amides is 1. The zero-order valence-electron chi connectivity index (χ0n) is 17.7. The molecule has 1 saturated heterocycles. The monoisotopic (exact) mass is 455 g/mol. The first-order valence-corrected chi connectivity index (χ1v) is 11.9. The minimum absolute atomic E-state index is 0.0357. The van der Waals surface area contributed by atoms with Crippen LogP contribution in [0.1, 0.15) is 48.1 Å². The van der Waals surface area contributed by atoms with Crippen LogP contribution in [0, 0.1) is 0 Å². The van der Waals surface area contributed by atoms with Gasteiger partial charge in [0.15, 0.2) is 17.4 Å². The summed E-state index contributed by atoms with van der Waals surface area (Å²) >= 11 is 0. The number of piperidine rings is 1. The molecular formula is C22H25N5O4S. The molecule has 0 bridgehead atoms. The number of carbonyl (C=O) groups is 1. The Kier molecular flexibility index (Phi) is 6.13. The fourth-order valence-electron chi connectivity index (χ4n) is 3.74. The normalized spacial score (nSPS) is 19.8. The van der Waals surface area contributed by atoms with Gasteiger partial charge in [-0.3, -0.25) is 9.79 Å². The summed E-state index contributed by atoms with van der Waals surface area (Å²) in [6.45, 7) is 3.14. The Labute approximate surface area is 187 Å². The third kappa shape index (κ3) is 4.75. The third-order valence-corrected chi connectivity index (χ3v) is 6.30. The van der Waals surface area contributed by atoms with Gasteiger partial charge in [0, 0.05) is 13.1 Å². The van der Waals surface area contributed by atoms with Crippen LogP contribution in [-0.2, 0) is 10.2 Å². The van der Waals surface area contributed by atoms with Crippen molar-refractivity contribution < 1.29 is 18.3 Å². The Morgan fingerprint density at radius 2 is 1.84 bits per heavy atom. The number of para-hydroxylation sites is 1. The summed E-state index contributed by atoms with van der Waals surface area (Å²) in [6, 6.07) is 13.8. The zero-order valence-corrected chi connectivity index (χ0v) is 18.5. The van der Waals surface area contributed by atoms with Crippen molar-refractivity contribution in [1.82, 2.24) is 9.62 Å². The van der Waals surface area contributed by atoms with Gasteiger partial charge in [-0.1, -0.05) is 36.4 Å². The molecule has 1 atom stereocenters. The van der Waals surface area contributed by atoms with Crippen molar-refractivity contribution in [3.63, 3.8) is 0 Å². The molecule has 0 saturated carbocycles. The van der Waals surface area contributed by atoms with Crippen LogP contribution in [0.2, 0.25) is 0 Å². The molecule has 3 N–H and O–H groups in total. The number of rotatable bonds is 4. The molecule has 0 radical (unpaired) electrons. The molecule has 168 valence electrons. The van der Waals surface area contributed by atoms with Crippen LogP contribution in [0.3, 0.4) is 0 Å². The number of anilines is 1. The SMILES string of the molecule is C[C@@H](N=C1NS(=O)(=O)N=C1Nc1cccc(C(=O)N2CCCCC2)c1O)c1ccccc1. The van der Waals surface area contributed by atoms with Crippen LogP contribution in [0.5, 0.6) is 5.75 Å². The second-order valence-corrected chi connectivity index (χ2v) is 9.10. The van der Waals surface area contributed by atoms with Gasteiger partial charge in [-0.15, -0.1) is 4.40 Å². The van der Waals surface area contributed by atoms with Gasteiger partial charge in [0.25, 0.3) is 5.91 Å². The number of phenols is 1. The molecule has 2 heterocycles. The Bertz CT molecular complexity index is 1170. The number of aliphatic imine (C=N–C) groups is 1. The number of likely N-dealkylation sites (tertiary alicyclic amines) is 1. The van der Waals surface area contributed by atoms with Crippen LogP contribution in [0.4, 0.5) is 5.69 Å². The number of phenolic OH excluding ortho intramolecular Hbond substituents is 1. The Hall–Kier alpha value is -3.40. The van der Waals surface area contributed by atoms with Gasteiger partial charge in [-0.2, -0.15) is 8.42 Å². The first kappa shape index (κ1) is 21.8. The first-order valence-electron chi connectivity index (χ1n) is 10.5. The molecule has 0 spiro atoms. The van der Waals surface area contributed by atoms with Crippen molar-refractivity contribution >= 4 is 33.5 Å². The molecule has 10 heteroatoms. The van der Waals surface area contributed by atoms with Crippen LogP contribution < -0.4 is 10.0 Å². The van der Waals surface area contributed by atoms with Crippen molar-refractivity contribution in [2.75, 3.05) is 18.4 Å². The molecule has 1 amide bonds. The fraction of sp³-hybridized carbons (Fsp3) is 0.318. The van der Waals surface area contributed by atoms with Gasteiger partial charge in [0.2, 0.25) is 0 Å². The van der Waals surface area contributed by atoms with Gasteiger partial charge in [-0.05, 0) is 43.9 Å². The molecule has 2 aromatic carbocycles. The molecule has 0 aliphatic carbocycles. The standard InChI is InChI=1S/C22H25N5O4S/c1-15(16-9-4-2-5-10-16)23-20-21(26-32(30,31)25-20)24-18-12-8-11-17(19(18)28)22(29)27-13-6-3-7-14-27/h2,4-5,8-12,15,28H,3,6-7,13-14H2,1H3,(H,23,25)(H,24,26)/t15-/m1/s1. The van der Waals surface area contributed by atoms with Crippen LogP contribution in [-0.4, -0.2) is 49.1 Å². The van der Waals surface area contributed by atoms with Crippen molar-refractivity contribution in [3.05, 3.63) is 59.7 Å². The molecular weight excluding hydrogens is 430 g/mol. The van der Waals surface area contributed by atoms with E-state index in [-0.39, 0.29) is 40.6 Å². The van der Waals surface area contributed by atoms with E-state index in [1.807, 2.05) is 37.3 Å². The predicted molar refractivity (Wildman–Crippen MR) is 123 cm³/mol. The fourth-order valence-corrected chi connectivity index (χ4v) is 4.55. The number of benzene rings is 2. The Morgan fingerprint density at radius 1 is 1.12 bits per heavy atom. The average Bonchev–Trinajstić information content (AvgIpc) is 3.08. The van der Waals surface area contributed by atoms with Gasteiger partial charge in [-0.25, -0.2) is 4.72 Å². The zero-order chi connectivity index (χ0) is 22.7. The van der Waals surface area contributed by atoms with E-state index in [9.17, 15) is 18.3 Å². The van der Waals surface area contributed by atoms with Crippen LogP contribution in [0.25, 0.3) is 0 Å². The highest BCUT2D eigenvalue weighted by atomic mass is 32.2. The lowest BCUT2D eigenvalue weighted by molar-refractivity contribution is 0.0721. The summed E-state index contributed by atoms with van der Waals surface area (Å²) in [4.78, 5) is 19.0. The lowest BCUT2D eigenvalue weighted by Crippen LogP contribution is -2.35. The molecule has 2 aliphatic rings. The quantitative estimate of drug-likeness (QED) is 0.612. The summed E-state index contributed by atoms with van der Waals surface area (Å²) in [5.74, 6) is -0.527. The first-order chi connectivity index (χ1) is 15.3. The van der Waals surface area contributed by atoms with Crippen molar-refractivity contribution in [1.29, 1.82) is 0 Å². The van der Waals surface area contributed by atoms with E-state index in [1.54, 1.807) is 23.1 Å². The van der Waals surface area contributed by atoms with Gasteiger partial charge in [0.1, 0.15) is 0 Å². The lowest BCUT2D eigenvalue weighted by Gasteiger charge is -2.27. The summed E-state index contributed by atoms with van der Waals surface area (Å²) in [5, 5.41) is 13.6. The highest BCUT2D eigenvalue weighted by molar-refractivity contribution is 7.89. The van der Waals surface area contributed by atoms with E-state index < -0.39 is 10.2 Å². The number of hydrogen-bond donors (Lipinski definition) is 3. The van der Waals surface area contributed by atoms with E-state index in [4.69, 9.17) is 0 Å². The molecule has 1 fully saturated rings. The molecule has 4 rings (SSSR count). The highest BCUT2D eigenvalue weighted by Crippen LogP contribution is 2.30. The highest BCUT2D eigenvalue weighted by Gasteiger charge is 2.29. The van der Waals surface area contributed by atoms with Crippen LogP contribution in [0.15, 0.2) is 57.9 Å². The van der Waals surface area contributed by atoms with E-state index >= 15 is 0 Å². The maximum absolute atomic E-state index is 12.9. The topological polar surface area (TPSA) is 123 Å². The summed E-state index contributed by atoms with van der Waals surface area (Å²) in [7, 11) is -3.96. The lowest BCUT2D eigenvalue weighted by atomic mass is 10.1. The van der Waals surface area contributed by atoms with E-state index in [0.717, 1.165) is 24.8 Å². The Morgan fingerprint density at radius 3 is 2.56 bits per heavy atom. The number of amidine groups is 2. The number of aromatic hydroxyl groups is 1. The number of carbonyl (C=O) groups excluding carboxylic acids is 1. The Balaban J connectivity index is 1.60. The molecule has 2 aromatic rings. The van der Waals surface area contributed by atoms with E-state index in [0.29, 0.717) is 13.1 Å².